The smallest absolute Gasteiger partial charge is 0.132 e. The van der Waals surface area contributed by atoms with Crippen molar-refractivity contribution in [3.05, 3.63) is 23.3 Å². The highest BCUT2D eigenvalue weighted by Gasteiger charge is 2.34. The second-order valence-electron chi connectivity index (χ2n) is 10.2. The fourth-order valence-corrected chi connectivity index (χ4v) is 6.58. The Morgan fingerprint density at radius 2 is 1.67 bits per heavy atom. The van der Waals surface area contributed by atoms with Gasteiger partial charge in [0.25, 0.3) is 0 Å². The molecule has 0 amide bonds. The van der Waals surface area contributed by atoms with Crippen molar-refractivity contribution < 1.29 is 8.78 Å². The second kappa shape index (κ2) is 8.78. The predicted octanol–water partition coefficient (Wildman–Crippen LogP) is 7.74. The molecule has 0 bridgehead atoms. The third kappa shape index (κ3) is 4.85. The van der Waals surface area contributed by atoms with Gasteiger partial charge in [-0.1, -0.05) is 36.1 Å². The number of allylic oxidation sites excluding steroid dienone is 4. The highest BCUT2D eigenvalue weighted by Crippen LogP contribution is 2.44. The summed E-state index contributed by atoms with van der Waals surface area (Å²) < 4.78 is 27.2. The SMILES string of the molecule is CC1=CC(CC2CCC(C3CC=C(C4CCC(F)C(F)C4)CC3)CC2)CC1. The van der Waals surface area contributed by atoms with E-state index < -0.39 is 12.3 Å². The van der Waals surface area contributed by atoms with Gasteiger partial charge in [0.15, 0.2) is 0 Å². The minimum absolute atomic E-state index is 0.326. The zero-order chi connectivity index (χ0) is 18.8. The maximum atomic E-state index is 13.7. The molecule has 2 heteroatoms. The topological polar surface area (TPSA) is 0 Å². The lowest BCUT2D eigenvalue weighted by Crippen LogP contribution is -2.30. The van der Waals surface area contributed by atoms with Crippen molar-refractivity contribution in [3.8, 4) is 0 Å². The van der Waals surface area contributed by atoms with Gasteiger partial charge in [-0.25, -0.2) is 8.78 Å². The fraction of sp³-hybridized carbons (Fsp3) is 0.840. The van der Waals surface area contributed by atoms with Crippen LogP contribution in [0.2, 0.25) is 0 Å². The van der Waals surface area contributed by atoms with Crippen LogP contribution in [0.5, 0.6) is 0 Å². The summed E-state index contributed by atoms with van der Waals surface area (Å²) in [6, 6.07) is 0. The van der Waals surface area contributed by atoms with Crippen LogP contribution in [-0.4, -0.2) is 12.3 Å². The summed E-state index contributed by atoms with van der Waals surface area (Å²) >= 11 is 0. The van der Waals surface area contributed by atoms with Gasteiger partial charge in [0.1, 0.15) is 12.3 Å². The van der Waals surface area contributed by atoms with E-state index in [2.05, 4.69) is 19.1 Å². The number of rotatable bonds is 4. The van der Waals surface area contributed by atoms with Crippen molar-refractivity contribution in [1.29, 1.82) is 0 Å². The quantitative estimate of drug-likeness (QED) is 0.440. The average molecular weight is 377 g/mol. The van der Waals surface area contributed by atoms with E-state index in [0.717, 1.165) is 36.5 Å². The summed E-state index contributed by atoms with van der Waals surface area (Å²) in [5.74, 6) is 3.91. The molecule has 5 unspecified atom stereocenters. The Labute approximate surface area is 164 Å². The summed E-state index contributed by atoms with van der Waals surface area (Å²) in [4.78, 5) is 0. The molecule has 0 saturated heterocycles. The van der Waals surface area contributed by atoms with Crippen molar-refractivity contribution in [2.24, 2.45) is 29.6 Å². The van der Waals surface area contributed by atoms with E-state index in [1.54, 1.807) is 5.57 Å². The Morgan fingerprint density at radius 3 is 2.30 bits per heavy atom. The predicted molar refractivity (Wildman–Crippen MR) is 109 cm³/mol. The van der Waals surface area contributed by atoms with Gasteiger partial charge in [-0.2, -0.15) is 0 Å². The molecule has 2 saturated carbocycles. The van der Waals surface area contributed by atoms with Gasteiger partial charge in [-0.05, 0) is 107 Å². The Kier molecular flexibility index (Phi) is 6.39. The summed E-state index contributed by atoms with van der Waals surface area (Å²) in [6.45, 7) is 2.29. The lowest BCUT2D eigenvalue weighted by molar-refractivity contribution is 0.0963. The van der Waals surface area contributed by atoms with E-state index in [0.29, 0.717) is 18.8 Å². The van der Waals surface area contributed by atoms with Gasteiger partial charge >= 0.3 is 0 Å². The zero-order valence-electron chi connectivity index (χ0n) is 17.1. The molecule has 0 heterocycles. The van der Waals surface area contributed by atoms with Gasteiger partial charge in [0.2, 0.25) is 0 Å². The van der Waals surface area contributed by atoms with E-state index in [4.69, 9.17) is 0 Å². The normalized spacial score (nSPS) is 43.3. The van der Waals surface area contributed by atoms with Crippen molar-refractivity contribution in [2.45, 2.75) is 103 Å². The zero-order valence-corrected chi connectivity index (χ0v) is 17.1. The molecule has 5 atom stereocenters. The molecule has 0 aromatic carbocycles. The third-order valence-corrected chi connectivity index (χ3v) is 8.33. The molecule has 4 aliphatic carbocycles. The fourth-order valence-electron chi connectivity index (χ4n) is 6.58. The van der Waals surface area contributed by atoms with Crippen molar-refractivity contribution in [1.82, 2.24) is 0 Å². The second-order valence-corrected chi connectivity index (χ2v) is 10.2. The Morgan fingerprint density at radius 1 is 0.852 bits per heavy atom. The van der Waals surface area contributed by atoms with E-state index in [-0.39, 0.29) is 0 Å². The molecule has 0 N–H and O–H groups in total. The van der Waals surface area contributed by atoms with Crippen molar-refractivity contribution in [2.75, 3.05) is 0 Å². The first-order valence-electron chi connectivity index (χ1n) is 11.7. The highest BCUT2D eigenvalue weighted by molar-refractivity contribution is 5.13. The first-order valence-corrected chi connectivity index (χ1v) is 11.7. The van der Waals surface area contributed by atoms with Crippen LogP contribution in [0.15, 0.2) is 23.3 Å². The molecule has 4 rings (SSSR count). The molecule has 0 radical (unpaired) electrons. The first kappa shape index (κ1) is 19.6. The Balaban J connectivity index is 1.22. The minimum atomic E-state index is -1.23. The Bertz CT molecular complexity index is 555. The molecular weight excluding hydrogens is 338 g/mol. The van der Waals surface area contributed by atoms with Gasteiger partial charge in [0, 0.05) is 0 Å². The van der Waals surface area contributed by atoms with Crippen LogP contribution in [0.3, 0.4) is 0 Å². The van der Waals surface area contributed by atoms with Crippen molar-refractivity contribution >= 4 is 0 Å². The number of hydrogen-bond donors (Lipinski definition) is 0. The van der Waals surface area contributed by atoms with Crippen LogP contribution in [0.25, 0.3) is 0 Å². The largest absolute Gasteiger partial charge is 0.244 e. The van der Waals surface area contributed by atoms with Crippen LogP contribution < -0.4 is 0 Å². The molecule has 0 nitrogen and oxygen atoms in total. The molecule has 152 valence electrons. The van der Waals surface area contributed by atoms with Crippen LogP contribution in [-0.2, 0) is 0 Å². The maximum absolute atomic E-state index is 13.7. The molecular formula is C25H38F2. The maximum Gasteiger partial charge on any atom is 0.132 e. The van der Waals surface area contributed by atoms with E-state index in [1.165, 1.54) is 63.4 Å². The minimum Gasteiger partial charge on any atom is -0.244 e. The number of alkyl halides is 2. The molecule has 0 aromatic rings. The van der Waals surface area contributed by atoms with E-state index >= 15 is 0 Å². The van der Waals surface area contributed by atoms with Gasteiger partial charge in [-0.15, -0.1) is 0 Å². The van der Waals surface area contributed by atoms with E-state index in [9.17, 15) is 8.78 Å². The lowest BCUT2D eigenvalue weighted by Gasteiger charge is -2.38. The number of hydrogen-bond acceptors (Lipinski definition) is 0. The Hall–Kier alpha value is -0.660. The van der Waals surface area contributed by atoms with Gasteiger partial charge in [-0.3, -0.25) is 0 Å². The average Bonchev–Trinajstić information content (AvgIpc) is 3.09. The monoisotopic (exact) mass is 376 g/mol. The van der Waals surface area contributed by atoms with Crippen LogP contribution in [0.4, 0.5) is 8.78 Å². The standard InChI is InChI=1S/C25H38F2/c1-17-2-3-19(14-17)15-18-4-6-20(7-5-18)21-8-10-22(11-9-21)23-12-13-24(26)25(27)16-23/h10,14,18-21,23-25H,2-9,11-13,15-16H2,1H3. The van der Waals surface area contributed by atoms with Crippen LogP contribution in [0, 0.1) is 29.6 Å². The van der Waals surface area contributed by atoms with Gasteiger partial charge in [0.05, 0.1) is 0 Å². The van der Waals surface area contributed by atoms with Crippen LogP contribution >= 0.6 is 0 Å². The highest BCUT2D eigenvalue weighted by atomic mass is 19.2. The molecule has 0 aromatic heterocycles. The first-order chi connectivity index (χ1) is 13.1. The molecule has 0 spiro atoms. The number of halogens is 2. The summed E-state index contributed by atoms with van der Waals surface area (Å²) in [5.41, 5.74) is 3.07. The molecule has 0 aliphatic heterocycles. The third-order valence-electron chi connectivity index (χ3n) is 8.33. The molecule has 2 fully saturated rings. The van der Waals surface area contributed by atoms with Gasteiger partial charge < -0.3 is 0 Å². The van der Waals surface area contributed by atoms with E-state index in [1.807, 2.05) is 0 Å². The lowest BCUT2D eigenvalue weighted by atomic mass is 9.68. The van der Waals surface area contributed by atoms with Crippen molar-refractivity contribution in [3.63, 3.8) is 0 Å². The molecule has 4 aliphatic rings. The summed E-state index contributed by atoms with van der Waals surface area (Å²) in [5, 5.41) is 0. The molecule has 27 heavy (non-hydrogen) atoms. The summed E-state index contributed by atoms with van der Waals surface area (Å²) in [6.07, 6.45) is 17.7. The summed E-state index contributed by atoms with van der Waals surface area (Å²) in [7, 11) is 0. The van der Waals surface area contributed by atoms with Crippen LogP contribution in [0.1, 0.15) is 90.4 Å².